The van der Waals surface area contributed by atoms with Crippen molar-refractivity contribution >= 4 is 30.0 Å². The lowest BCUT2D eigenvalue weighted by Crippen LogP contribution is -2.55. The Morgan fingerprint density at radius 2 is 1.36 bits per heavy atom. The molecule has 13 heteroatoms. The fourth-order valence-electron chi connectivity index (χ4n) is 6.84. The highest BCUT2D eigenvalue weighted by atomic mass is 16.6. The van der Waals surface area contributed by atoms with Crippen molar-refractivity contribution in [3.63, 3.8) is 0 Å². The Hall–Kier alpha value is -2.93. The van der Waals surface area contributed by atoms with E-state index in [-0.39, 0.29) is 42.4 Å². The van der Waals surface area contributed by atoms with E-state index in [2.05, 4.69) is 15.2 Å². The van der Waals surface area contributed by atoms with E-state index in [9.17, 15) is 19.2 Å². The van der Waals surface area contributed by atoms with E-state index in [0.717, 1.165) is 44.9 Å². The molecule has 3 fully saturated rings. The van der Waals surface area contributed by atoms with Gasteiger partial charge in [0.25, 0.3) is 0 Å². The van der Waals surface area contributed by atoms with Crippen LogP contribution in [-0.4, -0.2) is 119 Å². The second-order valence-corrected chi connectivity index (χ2v) is 17.0. The summed E-state index contributed by atoms with van der Waals surface area (Å²) in [5.74, 6) is -0.242. The molecule has 2 aliphatic heterocycles. The van der Waals surface area contributed by atoms with Crippen LogP contribution in [0.3, 0.4) is 0 Å². The van der Waals surface area contributed by atoms with E-state index in [1.54, 1.807) is 41.5 Å². The first-order valence-electron chi connectivity index (χ1n) is 18.6. The van der Waals surface area contributed by atoms with Gasteiger partial charge in [-0.05, 0) is 121 Å². The van der Waals surface area contributed by atoms with Crippen molar-refractivity contribution in [2.45, 2.75) is 174 Å². The number of amides is 3. The largest absolute Gasteiger partial charge is 0.460 e. The van der Waals surface area contributed by atoms with E-state index >= 15 is 0 Å². The number of nitrogens with zero attached hydrogens (tertiary/aromatic N) is 4. The van der Waals surface area contributed by atoms with Gasteiger partial charge in [0.05, 0.1) is 18.6 Å². The molecule has 0 aromatic rings. The molecule has 1 N–H and O–H groups in total. The lowest BCUT2D eigenvalue weighted by atomic mass is 9.97. The molecule has 0 radical (unpaired) electrons. The molecule has 1 unspecified atom stereocenters. The number of carbonyl (C=O) groups excluding carboxylic acids is 4. The number of hydrogen-bond acceptors (Lipinski definition) is 9. The first-order chi connectivity index (χ1) is 23.2. The van der Waals surface area contributed by atoms with Crippen molar-refractivity contribution in [3.05, 3.63) is 0 Å². The maximum absolute atomic E-state index is 14.2. The van der Waals surface area contributed by atoms with Crippen LogP contribution in [0.2, 0.25) is 0 Å². The smallest absolute Gasteiger partial charge is 0.437 e. The van der Waals surface area contributed by atoms with Crippen LogP contribution in [0.15, 0.2) is 4.99 Å². The molecule has 1 aliphatic carbocycles. The molecular formula is C37H65N5O8. The van der Waals surface area contributed by atoms with Crippen molar-refractivity contribution in [3.8, 4) is 0 Å². The number of likely N-dealkylation sites (N-methyl/N-ethyl adjacent to an activating group) is 1. The monoisotopic (exact) mass is 707 g/mol. The zero-order valence-electron chi connectivity index (χ0n) is 32.5. The Balaban J connectivity index is 1.60. The summed E-state index contributed by atoms with van der Waals surface area (Å²) in [6.07, 6.45) is 7.83. The van der Waals surface area contributed by atoms with Crippen molar-refractivity contribution in [1.29, 1.82) is 0 Å². The molecule has 2 heterocycles. The van der Waals surface area contributed by atoms with E-state index in [0.29, 0.717) is 45.5 Å². The third-order valence-corrected chi connectivity index (χ3v) is 9.12. The van der Waals surface area contributed by atoms with Gasteiger partial charge in [-0.15, -0.1) is 4.99 Å². The summed E-state index contributed by atoms with van der Waals surface area (Å²) < 4.78 is 22.8. The van der Waals surface area contributed by atoms with Gasteiger partial charge in [0, 0.05) is 38.3 Å². The Morgan fingerprint density at radius 1 is 0.780 bits per heavy atom. The van der Waals surface area contributed by atoms with Crippen LogP contribution in [0.1, 0.15) is 133 Å². The molecule has 0 spiro atoms. The highest BCUT2D eigenvalue weighted by Gasteiger charge is 2.38. The Bertz CT molecular complexity index is 1170. The van der Waals surface area contributed by atoms with Crippen LogP contribution in [0.25, 0.3) is 0 Å². The zero-order valence-corrected chi connectivity index (χ0v) is 32.5. The minimum atomic E-state index is -0.795. The van der Waals surface area contributed by atoms with Gasteiger partial charge in [0.1, 0.15) is 16.8 Å². The minimum Gasteiger partial charge on any atom is -0.460 e. The van der Waals surface area contributed by atoms with Gasteiger partial charge in [0.15, 0.2) is 0 Å². The lowest BCUT2D eigenvalue weighted by Gasteiger charge is -2.41. The normalized spacial score (nSPS) is 20.9. The average Bonchev–Trinajstić information content (AvgIpc) is 3.52. The standard InChI is InChI=1S/C37H65N5O8/c1-35(2,3)48-30(43)25-29(40(10)26-15-11-12-16-26)31(44)42-21-14-13-17-27(42)20-24-47-28-18-22-41(23-19-28)32(38-33(45)49-36(4,5)6)39-34(46)50-37(7,8)9/h26-29H,11-25H2,1-10H3,(H,38,39,45,46)/t27?,29-/m0/s1. The van der Waals surface area contributed by atoms with Crippen LogP contribution >= 0.6 is 0 Å². The van der Waals surface area contributed by atoms with Gasteiger partial charge in [-0.25, -0.2) is 9.59 Å². The molecule has 0 aromatic heterocycles. The number of piperidine rings is 2. The molecule has 0 bridgehead atoms. The number of hydrogen-bond donors (Lipinski definition) is 1. The highest BCUT2D eigenvalue weighted by molar-refractivity contribution is 5.99. The van der Waals surface area contributed by atoms with Gasteiger partial charge >= 0.3 is 18.2 Å². The summed E-state index contributed by atoms with van der Waals surface area (Å²) in [6.45, 7) is 18.3. The fraction of sp³-hybridized carbons (Fsp3) is 0.865. The SMILES string of the molecule is CN(C1CCCC1)[C@@H](CC(=O)OC(C)(C)C)C(=O)N1CCCCC1CCOC1CCN(C(=NC(=O)OC(C)(C)C)NC(=O)OC(C)(C)C)CC1. The van der Waals surface area contributed by atoms with E-state index in [1.807, 2.05) is 37.6 Å². The molecule has 2 atom stereocenters. The topological polar surface area (TPSA) is 139 Å². The number of aliphatic imine (C=N–C) groups is 1. The van der Waals surface area contributed by atoms with Crippen LogP contribution in [0.5, 0.6) is 0 Å². The predicted molar refractivity (Wildman–Crippen MR) is 192 cm³/mol. The van der Waals surface area contributed by atoms with Gasteiger partial charge in [-0.3, -0.25) is 19.8 Å². The highest BCUT2D eigenvalue weighted by Crippen LogP contribution is 2.29. The van der Waals surface area contributed by atoms with Gasteiger partial charge in [-0.2, -0.15) is 0 Å². The Labute approximate surface area is 300 Å². The van der Waals surface area contributed by atoms with Crippen molar-refractivity contribution < 1.29 is 38.1 Å². The first kappa shape index (κ1) is 41.5. The van der Waals surface area contributed by atoms with Crippen LogP contribution in [0.4, 0.5) is 9.59 Å². The molecule has 3 rings (SSSR count). The maximum Gasteiger partial charge on any atom is 0.437 e. The molecule has 1 saturated carbocycles. The predicted octanol–water partition coefficient (Wildman–Crippen LogP) is 6.03. The Kier molecular flexibility index (Phi) is 15.0. The number of ether oxygens (including phenoxy) is 4. The number of nitrogens with one attached hydrogen (secondary N) is 1. The van der Waals surface area contributed by atoms with Crippen molar-refractivity contribution in [2.75, 3.05) is 33.3 Å². The Morgan fingerprint density at radius 3 is 1.94 bits per heavy atom. The first-order valence-corrected chi connectivity index (χ1v) is 18.6. The van der Waals surface area contributed by atoms with Crippen molar-refractivity contribution in [1.82, 2.24) is 20.0 Å². The van der Waals surface area contributed by atoms with E-state index in [4.69, 9.17) is 18.9 Å². The summed E-state index contributed by atoms with van der Waals surface area (Å²) in [4.78, 5) is 62.4. The zero-order chi connectivity index (χ0) is 37.3. The fourth-order valence-corrected chi connectivity index (χ4v) is 6.84. The molecule has 3 aliphatic rings. The lowest BCUT2D eigenvalue weighted by molar-refractivity contribution is -0.160. The van der Waals surface area contributed by atoms with Gasteiger partial charge < -0.3 is 28.7 Å². The quantitative estimate of drug-likeness (QED) is 0.131. The number of carbonyl (C=O) groups is 4. The van der Waals surface area contributed by atoms with Crippen LogP contribution < -0.4 is 5.32 Å². The van der Waals surface area contributed by atoms with E-state index in [1.165, 1.54) is 0 Å². The summed E-state index contributed by atoms with van der Waals surface area (Å²) in [6, 6.07) is -0.220. The van der Waals surface area contributed by atoms with E-state index < -0.39 is 35.0 Å². The summed E-state index contributed by atoms with van der Waals surface area (Å²) >= 11 is 0. The molecule has 286 valence electrons. The van der Waals surface area contributed by atoms with Crippen LogP contribution in [0, 0.1) is 0 Å². The molecule has 50 heavy (non-hydrogen) atoms. The van der Waals surface area contributed by atoms with Crippen molar-refractivity contribution in [2.24, 2.45) is 4.99 Å². The van der Waals surface area contributed by atoms with Gasteiger partial charge in [-0.1, -0.05) is 12.8 Å². The minimum absolute atomic E-state index is 0.0116. The van der Waals surface area contributed by atoms with Crippen LogP contribution in [-0.2, 0) is 28.5 Å². The average molecular weight is 708 g/mol. The molecular weight excluding hydrogens is 642 g/mol. The summed E-state index contributed by atoms with van der Waals surface area (Å²) in [7, 11) is 1.99. The number of rotatable bonds is 9. The molecule has 13 nitrogen and oxygen atoms in total. The molecule has 3 amide bonds. The third kappa shape index (κ3) is 14.4. The third-order valence-electron chi connectivity index (χ3n) is 9.12. The number of alkyl carbamates (subject to hydrolysis) is 1. The molecule has 2 saturated heterocycles. The number of likely N-dealkylation sites (tertiary alicyclic amines) is 2. The molecule has 0 aromatic carbocycles. The van der Waals surface area contributed by atoms with Gasteiger partial charge in [0.2, 0.25) is 11.9 Å². The maximum atomic E-state index is 14.2. The second-order valence-electron chi connectivity index (χ2n) is 17.0. The second kappa shape index (κ2) is 18.0. The number of esters is 1. The number of guanidine groups is 1. The summed E-state index contributed by atoms with van der Waals surface area (Å²) in [5.41, 5.74) is -2.06. The summed E-state index contributed by atoms with van der Waals surface area (Å²) in [5, 5.41) is 2.64.